The van der Waals surface area contributed by atoms with Crippen LogP contribution in [-0.2, 0) is 19.2 Å². The van der Waals surface area contributed by atoms with Crippen LogP contribution in [0.3, 0.4) is 0 Å². The zero-order valence-corrected chi connectivity index (χ0v) is 22.8. The summed E-state index contributed by atoms with van der Waals surface area (Å²) in [6.07, 6.45) is 0. The van der Waals surface area contributed by atoms with Gasteiger partial charge in [0, 0.05) is 23.0 Å². The fourth-order valence-corrected chi connectivity index (χ4v) is 7.90. The number of amidine groups is 1. The fraction of sp³-hybridized carbons (Fsp3) is 0.353. The Morgan fingerprint density at radius 1 is 1.35 bits per heavy atom. The second-order valence-electron chi connectivity index (χ2n) is 7.13. The highest BCUT2D eigenvalue weighted by Gasteiger charge is 2.54. The first kappa shape index (κ1) is 27.1. The van der Waals surface area contributed by atoms with E-state index in [9.17, 15) is 19.5 Å². The molecule has 0 bridgehead atoms. The van der Waals surface area contributed by atoms with E-state index in [1.165, 1.54) is 58.6 Å². The topological polar surface area (TPSA) is 236 Å². The van der Waals surface area contributed by atoms with Crippen LogP contribution in [0, 0.1) is 5.41 Å². The summed E-state index contributed by atoms with van der Waals surface area (Å²) in [7, 11) is 1.24. The van der Waals surface area contributed by atoms with Gasteiger partial charge in [-0.1, -0.05) is 40.0 Å². The molecule has 1 fully saturated rings. The summed E-state index contributed by atoms with van der Waals surface area (Å²) >= 11 is 6.11. The molecule has 7 N–H and O–H groups in total. The molecule has 0 unspecified atom stereocenters. The number of carboxylic acids is 1. The van der Waals surface area contributed by atoms with Crippen molar-refractivity contribution in [3.8, 4) is 0 Å². The number of hydrogen-bond donors (Lipinski definition) is 5. The number of carbonyl (C=O) groups is 3. The van der Waals surface area contributed by atoms with Crippen LogP contribution in [-0.4, -0.2) is 94.7 Å². The van der Waals surface area contributed by atoms with Gasteiger partial charge < -0.3 is 26.7 Å². The van der Waals surface area contributed by atoms with Crippen molar-refractivity contribution >= 4 is 92.6 Å². The Labute approximate surface area is 229 Å². The molecule has 1 saturated heterocycles. The number of nitrogen functional groups attached to an aromatic ring is 1. The predicted molar refractivity (Wildman–Crippen MR) is 141 cm³/mol. The van der Waals surface area contributed by atoms with Crippen molar-refractivity contribution < 1.29 is 24.3 Å². The number of rotatable bonds is 11. The van der Waals surface area contributed by atoms with Crippen molar-refractivity contribution in [3.05, 3.63) is 17.1 Å². The number of nitrogens with two attached hydrogens (primary N) is 2. The Kier molecular flexibility index (Phi) is 8.52. The van der Waals surface area contributed by atoms with E-state index in [-0.39, 0.29) is 34.0 Å². The average molecular weight is 603 g/mol. The molecule has 2 aromatic heterocycles. The molecule has 2 aliphatic rings. The van der Waals surface area contributed by atoms with Crippen LogP contribution in [0.4, 0.5) is 5.13 Å². The van der Waals surface area contributed by atoms with Crippen LogP contribution < -0.4 is 16.8 Å². The summed E-state index contributed by atoms with van der Waals surface area (Å²) in [5.41, 5.74) is 11.1. The van der Waals surface area contributed by atoms with Gasteiger partial charge in [0.15, 0.2) is 13.8 Å². The number of amides is 2. The maximum atomic E-state index is 12.9. The molecule has 2 aromatic rings. The highest BCUT2D eigenvalue weighted by molar-refractivity contribution is 8.03. The lowest BCUT2D eigenvalue weighted by atomic mass is 10.0. The van der Waals surface area contributed by atoms with E-state index in [1.54, 1.807) is 0 Å². The number of anilines is 1. The first-order valence-corrected chi connectivity index (χ1v) is 14.6. The summed E-state index contributed by atoms with van der Waals surface area (Å²) < 4.78 is 5.21. The summed E-state index contributed by atoms with van der Waals surface area (Å²) in [5.74, 6) is -1.65. The van der Waals surface area contributed by atoms with E-state index in [0.717, 1.165) is 11.5 Å². The molecule has 4 rings (SSSR count). The van der Waals surface area contributed by atoms with E-state index in [2.05, 4.69) is 30.0 Å². The summed E-state index contributed by atoms with van der Waals surface area (Å²) in [6, 6.07) is -0.969. The Balaban J connectivity index is 1.43. The standard InChI is InChI=1S/C17H18N10O5S5/c1-32-25-7(10-22-15(20)37-26-10)11(28)21-8-12(29)27-9(14(30)31)5(2-33-13(8)27)3-34-16-23-24-17(36-16)35-4-6(18)19/h8,13H,2-4H2,1H3,(H3,18,19)(H,21,28)(H,30,31)(H2,20,22,26)/b25-7-/t8-,13-/m1/s1. The Morgan fingerprint density at radius 2 is 2.08 bits per heavy atom. The average Bonchev–Trinajstić information content (AvgIpc) is 3.50. The number of β-lactam (4-membered cyclic amide) rings is 1. The quantitative estimate of drug-likeness (QED) is 0.0741. The van der Waals surface area contributed by atoms with Gasteiger partial charge in [0.05, 0.1) is 5.75 Å². The van der Waals surface area contributed by atoms with Gasteiger partial charge in [-0.2, -0.15) is 9.36 Å². The van der Waals surface area contributed by atoms with Crippen molar-refractivity contribution in [3.63, 3.8) is 0 Å². The molecule has 2 aliphatic heterocycles. The van der Waals surface area contributed by atoms with Crippen LogP contribution in [0.1, 0.15) is 5.82 Å². The summed E-state index contributed by atoms with van der Waals surface area (Å²) in [5, 5.41) is 31.0. The lowest BCUT2D eigenvalue weighted by Gasteiger charge is -2.49. The third-order valence-electron chi connectivity index (χ3n) is 4.70. The number of fused-ring (bicyclic) bond motifs is 1. The minimum Gasteiger partial charge on any atom is -0.477 e. The third kappa shape index (κ3) is 5.98. The molecule has 0 aliphatic carbocycles. The summed E-state index contributed by atoms with van der Waals surface area (Å²) in [4.78, 5) is 47.6. The van der Waals surface area contributed by atoms with Gasteiger partial charge in [-0.25, -0.2) is 4.79 Å². The van der Waals surface area contributed by atoms with Crippen molar-refractivity contribution in [2.24, 2.45) is 10.9 Å². The van der Waals surface area contributed by atoms with Crippen LogP contribution in [0.25, 0.3) is 0 Å². The second kappa shape index (κ2) is 11.6. The zero-order valence-electron chi connectivity index (χ0n) is 18.7. The fourth-order valence-electron chi connectivity index (χ4n) is 3.21. The number of carboxylic acid groups (broad SMARTS) is 1. The van der Waals surface area contributed by atoms with Gasteiger partial charge in [0.25, 0.3) is 11.8 Å². The number of carbonyl (C=O) groups excluding carboxylic acids is 2. The van der Waals surface area contributed by atoms with Crippen molar-refractivity contribution in [1.29, 1.82) is 5.41 Å². The minimum atomic E-state index is -1.24. The molecular weight excluding hydrogens is 585 g/mol. The summed E-state index contributed by atoms with van der Waals surface area (Å²) in [6.45, 7) is 0. The van der Waals surface area contributed by atoms with E-state index < -0.39 is 29.2 Å². The maximum Gasteiger partial charge on any atom is 0.352 e. The van der Waals surface area contributed by atoms with Gasteiger partial charge in [0.2, 0.25) is 11.5 Å². The number of nitrogens with zero attached hydrogens (tertiary/aromatic N) is 6. The van der Waals surface area contributed by atoms with Gasteiger partial charge in [-0.15, -0.1) is 22.0 Å². The SMILES string of the molecule is CO/N=C(\C(=O)N[C@@H]1C(=O)N2C(C(=O)O)=C(CSc3nnc(SCC(=N)N)s3)CS[C@H]12)c1nsc(N)n1. The molecule has 15 nitrogen and oxygen atoms in total. The van der Waals surface area contributed by atoms with E-state index in [0.29, 0.717) is 25.8 Å². The third-order valence-corrected chi connectivity index (χ3v) is 9.90. The number of aromatic nitrogens is 4. The molecule has 2 atom stereocenters. The van der Waals surface area contributed by atoms with Crippen molar-refractivity contribution in [2.45, 2.75) is 20.1 Å². The zero-order chi connectivity index (χ0) is 26.7. The molecule has 2 amide bonds. The molecule has 0 spiro atoms. The van der Waals surface area contributed by atoms with Gasteiger partial charge >= 0.3 is 5.97 Å². The van der Waals surface area contributed by atoms with Crippen LogP contribution in [0.15, 0.2) is 25.1 Å². The number of hydrogen-bond acceptors (Lipinski definition) is 16. The molecular formula is C17H18N10O5S5. The lowest BCUT2D eigenvalue weighted by Crippen LogP contribution is -2.71. The van der Waals surface area contributed by atoms with Crippen LogP contribution in [0.2, 0.25) is 0 Å². The van der Waals surface area contributed by atoms with Gasteiger partial charge in [-0.3, -0.25) is 19.9 Å². The Bertz CT molecular complexity index is 1310. The van der Waals surface area contributed by atoms with Gasteiger partial charge in [-0.05, 0) is 5.57 Å². The Morgan fingerprint density at radius 3 is 2.70 bits per heavy atom. The highest BCUT2D eigenvalue weighted by Crippen LogP contribution is 2.42. The minimum absolute atomic E-state index is 0.0276. The van der Waals surface area contributed by atoms with E-state index >= 15 is 0 Å². The number of thioether (sulfide) groups is 3. The van der Waals surface area contributed by atoms with E-state index in [4.69, 9.17) is 21.7 Å². The normalized spacial score (nSPS) is 19.3. The van der Waals surface area contributed by atoms with E-state index in [1.807, 2.05) is 0 Å². The second-order valence-corrected chi connectivity index (χ2v) is 12.4. The highest BCUT2D eigenvalue weighted by atomic mass is 32.2. The number of oxime groups is 1. The van der Waals surface area contributed by atoms with Crippen LogP contribution >= 0.6 is 58.2 Å². The van der Waals surface area contributed by atoms with Crippen molar-refractivity contribution in [1.82, 2.24) is 29.8 Å². The molecule has 0 aromatic carbocycles. The van der Waals surface area contributed by atoms with Gasteiger partial charge in [0.1, 0.15) is 30.1 Å². The Hall–Kier alpha value is -2.94. The number of nitrogens with one attached hydrogen (secondary N) is 2. The van der Waals surface area contributed by atoms with Crippen molar-refractivity contribution in [2.75, 3.05) is 30.1 Å². The molecule has 4 heterocycles. The first-order valence-electron chi connectivity index (χ1n) is 10.0. The molecule has 20 heteroatoms. The van der Waals surface area contributed by atoms with Crippen LogP contribution in [0.5, 0.6) is 0 Å². The number of aliphatic carboxylic acids is 1. The molecule has 37 heavy (non-hydrogen) atoms. The lowest BCUT2D eigenvalue weighted by molar-refractivity contribution is -0.150. The molecule has 0 radical (unpaired) electrons. The smallest absolute Gasteiger partial charge is 0.352 e. The maximum absolute atomic E-state index is 12.9. The first-order chi connectivity index (χ1) is 17.7. The largest absolute Gasteiger partial charge is 0.477 e. The monoisotopic (exact) mass is 602 g/mol. The molecule has 196 valence electrons. The molecule has 0 saturated carbocycles. The predicted octanol–water partition coefficient (Wildman–Crippen LogP) is -0.119.